The van der Waals surface area contributed by atoms with Gasteiger partial charge in [0.15, 0.2) is 28.4 Å². The molecule has 9 rings (SSSR count). The van der Waals surface area contributed by atoms with Crippen LogP contribution in [0.15, 0.2) is 155 Å². The van der Waals surface area contributed by atoms with Gasteiger partial charge in [-0.3, -0.25) is 23.7 Å². The Hall–Kier alpha value is -8.71. The van der Waals surface area contributed by atoms with E-state index < -0.39 is 54.5 Å². The highest BCUT2D eigenvalue weighted by Crippen LogP contribution is 2.48. The van der Waals surface area contributed by atoms with Crippen LogP contribution in [0, 0.1) is 0 Å². The van der Waals surface area contributed by atoms with E-state index in [-0.39, 0.29) is 79.0 Å². The Morgan fingerprint density at radius 2 is 1.51 bits per heavy atom. The van der Waals surface area contributed by atoms with Crippen LogP contribution in [0.4, 0.5) is 23.0 Å². The Morgan fingerprint density at radius 3 is 2.23 bits per heavy atom. The number of carboxylic acid groups (broad SMARTS) is 1. The first-order chi connectivity index (χ1) is 39.9. The molecule has 4 aromatic carbocycles. The summed E-state index contributed by atoms with van der Waals surface area (Å²) in [5, 5.41) is 16.1. The molecule has 5 heterocycles. The quantitative estimate of drug-likeness (QED) is 0.0185. The number of anilines is 3. The second-order valence-corrected chi connectivity index (χ2v) is 24.6. The van der Waals surface area contributed by atoms with Crippen molar-refractivity contribution in [3.8, 4) is 5.75 Å². The van der Waals surface area contributed by atoms with Gasteiger partial charge in [-0.15, -0.1) is 0 Å². The van der Waals surface area contributed by atoms with Crippen molar-refractivity contribution in [1.29, 1.82) is 0 Å². The molecule has 0 bridgehead atoms. The maximum Gasteiger partial charge on any atom is 0.326 e. The molecule has 6 aromatic rings. The number of hydrogen-bond donors (Lipinski definition) is 7. The number of benzene rings is 4. The van der Waals surface area contributed by atoms with Gasteiger partial charge in [-0.1, -0.05) is 62.4 Å². The number of nitrogens with zero attached hydrogens (tertiary/aromatic N) is 5. The van der Waals surface area contributed by atoms with Crippen LogP contribution in [0.2, 0.25) is 0 Å². The summed E-state index contributed by atoms with van der Waals surface area (Å²) in [6.45, 7) is 9.80. The molecule has 0 fully saturated rings. The first-order valence-electron chi connectivity index (χ1n) is 27.2. The number of hydrogen-bond acceptors (Lipinski definition) is 16. The van der Waals surface area contributed by atoms with Gasteiger partial charge >= 0.3 is 5.97 Å². The summed E-state index contributed by atoms with van der Waals surface area (Å²) < 4.78 is 87.3. The lowest BCUT2D eigenvalue weighted by Gasteiger charge is -2.27. The van der Waals surface area contributed by atoms with Gasteiger partial charge in [-0.2, -0.15) is 26.4 Å². The lowest BCUT2D eigenvalue weighted by Crippen LogP contribution is -2.42. The Balaban J connectivity index is 0.985. The molecule has 0 saturated heterocycles. The lowest BCUT2D eigenvalue weighted by atomic mass is 9.81. The molecule has 0 radical (unpaired) electrons. The van der Waals surface area contributed by atoms with Gasteiger partial charge in [0, 0.05) is 65.1 Å². The number of ether oxygens (including phenoxy) is 3. The Bertz CT molecular complexity index is 3950. The predicted octanol–water partition coefficient (Wildman–Crippen LogP) is 7.50. The average Bonchev–Trinajstić information content (AvgIpc) is 2.96. The van der Waals surface area contributed by atoms with Crippen LogP contribution in [0.5, 0.6) is 5.75 Å². The van der Waals surface area contributed by atoms with E-state index in [9.17, 15) is 45.4 Å². The Kier molecular flexibility index (Phi) is 17.8. The molecule has 0 unspecified atom stereocenters. The van der Waals surface area contributed by atoms with Crippen molar-refractivity contribution in [3.63, 3.8) is 0 Å². The Labute approximate surface area is 486 Å². The van der Waals surface area contributed by atoms with E-state index in [4.69, 9.17) is 19.9 Å². The molecule has 24 heteroatoms. The first-order valence-corrected chi connectivity index (χ1v) is 30.5. The molecule has 440 valence electrons. The number of aromatic nitrogens is 4. The van der Waals surface area contributed by atoms with Crippen molar-refractivity contribution in [3.05, 3.63) is 189 Å². The summed E-state index contributed by atoms with van der Waals surface area (Å²) in [5.74, 6) is -1.45. The molecule has 3 aliphatic rings. The number of H-pyrrole nitrogens is 1. The van der Waals surface area contributed by atoms with Crippen LogP contribution in [0.25, 0.3) is 11.2 Å². The fourth-order valence-electron chi connectivity index (χ4n) is 10.6. The Morgan fingerprint density at radius 1 is 0.833 bits per heavy atom. The number of aromatic amines is 1. The number of nitrogens with two attached hydrogens (primary N) is 1. The highest BCUT2D eigenvalue weighted by atomic mass is 32.2. The van der Waals surface area contributed by atoms with Crippen LogP contribution in [-0.4, -0.2) is 117 Å². The second-order valence-electron chi connectivity index (χ2n) is 21.5. The third-order valence-electron chi connectivity index (χ3n) is 14.8. The summed E-state index contributed by atoms with van der Waals surface area (Å²) in [5.41, 5.74) is 11.9. The van der Waals surface area contributed by atoms with E-state index in [0.29, 0.717) is 60.1 Å². The minimum atomic E-state index is -4.15. The highest BCUT2D eigenvalue weighted by molar-refractivity contribution is 7.86. The monoisotopic (exact) mass is 1180 g/mol. The smallest absolute Gasteiger partial charge is 0.326 e. The van der Waals surface area contributed by atoms with E-state index in [1.807, 2.05) is 60.7 Å². The average molecular weight is 1190 g/mol. The van der Waals surface area contributed by atoms with Gasteiger partial charge < -0.3 is 40.6 Å². The predicted molar refractivity (Wildman–Crippen MR) is 317 cm³/mol. The number of allylic oxidation sites excluding steroid dienone is 5. The van der Waals surface area contributed by atoms with Gasteiger partial charge in [-0.25, -0.2) is 14.8 Å². The largest absolute Gasteiger partial charge is 0.486 e. The zero-order valence-corrected chi connectivity index (χ0v) is 48.4. The van der Waals surface area contributed by atoms with Crippen molar-refractivity contribution in [1.82, 2.24) is 25.3 Å². The summed E-state index contributed by atoms with van der Waals surface area (Å²) in [6.07, 6.45) is 10.4. The number of carbonyl (C=O) groups excluding carboxylic acids is 1. The fourth-order valence-corrected chi connectivity index (χ4v) is 11.7. The fraction of sp³-hybridized carbons (Fsp3) is 0.317. The van der Waals surface area contributed by atoms with E-state index >= 15 is 0 Å². The molecule has 0 saturated carbocycles. The number of unbranched alkanes of at least 4 members (excludes halogenated alkanes) is 2. The van der Waals surface area contributed by atoms with Crippen LogP contribution < -0.4 is 31.6 Å². The molecule has 1 amide bonds. The summed E-state index contributed by atoms with van der Waals surface area (Å²) >= 11 is 0. The standard InChI is InChI=1S/C60H65N9O13S2/c1-59(2)43-13-5-7-15-46(43)68(29-9-11-33-83(74,75)76)50(59)27-25-48-53(49(81-32-31-80-48)26-28-51-60(3,4)44-14-6-8-16-47(44)69(51)30-10-12-34-84(77,78)79)82-42-23-17-38(18-24-42)35-45(57(72)73)65-55(70)39-19-21-40(22-20-39)62-36-41-37-63-54-52(64-41)56(71)67-58(61)66-54/h5-8,13-28,37,45H,9-12,29-36H2,1-4H3,(H7-,61,62,63,65,66,67,70,71,72,73,74,75,76,77,78,79)/p+1/t45-/m0/s1. The maximum absolute atomic E-state index is 13.5. The number of rotatable bonds is 23. The number of aliphatic carboxylic acids is 1. The number of carboxylic acids is 1. The van der Waals surface area contributed by atoms with Crippen molar-refractivity contribution in [2.45, 2.75) is 83.2 Å². The normalized spacial score (nSPS) is 17.0. The molecule has 1 atom stereocenters. The third-order valence-corrected chi connectivity index (χ3v) is 16.4. The summed E-state index contributed by atoms with van der Waals surface area (Å²) in [4.78, 5) is 55.5. The molecule has 84 heavy (non-hydrogen) atoms. The van der Waals surface area contributed by atoms with Gasteiger partial charge in [0.25, 0.3) is 31.7 Å². The van der Waals surface area contributed by atoms with Gasteiger partial charge in [0.2, 0.25) is 17.4 Å². The molecule has 2 aromatic heterocycles. The molecular formula is C60H66N9O13S2+. The zero-order chi connectivity index (χ0) is 60.0. The van der Waals surface area contributed by atoms with E-state index in [1.54, 1.807) is 48.5 Å². The topological polar surface area (TPSA) is 319 Å². The number of nitrogen functional groups attached to an aromatic ring is 1. The van der Waals surface area contributed by atoms with Crippen LogP contribution in [-0.2, 0) is 58.3 Å². The second kappa shape index (κ2) is 25.0. The minimum Gasteiger partial charge on any atom is -0.486 e. The lowest BCUT2D eigenvalue weighted by molar-refractivity contribution is -0.438. The molecule has 0 aliphatic carbocycles. The van der Waals surface area contributed by atoms with Gasteiger partial charge in [0.05, 0.1) is 35.4 Å². The summed E-state index contributed by atoms with van der Waals surface area (Å²) in [6, 6.07) is 27.8. The number of amides is 1. The molecule has 3 aliphatic heterocycles. The highest BCUT2D eigenvalue weighted by Gasteiger charge is 2.44. The number of fused-ring (bicyclic) bond motifs is 3. The molecule has 0 spiro atoms. The van der Waals surface area contributed by atoms with E-state index in [2.05, 4.69) is 79.9 Å². The molecule has 22 nitrogen and oxygen atoms in total. The van der Waals surface area contributed by atoms with Crippen LogP contribution >= 0.6 is 0 Å². The summed E-state index contributed by atoms with van der Waals surface area (Å²) in [7, 11) is -8.29. The van der Waals surface area contributed by atoms with Crippen LogP contribution in [0.1, 0.15) is 86.1 Å². The van der Waals surface area contributed by atoms with E-state index in [1.165, 1.54) is 6.20 Å². The van der Waals surface area contributed by atoms with Crippen molar-refractivity contribution < 1.29 is 59.4 Å². The molecule has 8 N–H and O–H groups in total. The number of nitrogens with one attached hydrogen (secondary N) is 3. The van der Waals surface area contributed by atoms with Gasteiger partial charge in [0.1, 0.15) is 31.5 Å². The maximum atomic E-state index is 13.5. The van der Waals surface area contributed by atoms with Crippen molar-refractivity contribution >= 4 is 72.0 Å². The van der Waals surface area contributed by atoms with Crippen molar-refractivity contribution in [2.75, 3.05) is 53.8 Å². The zero-order valence-electron chi connectivity index (χ0n) is 46.7. The third kappa shape index (κ3) is 14.2. The SMILES string of the molecule is CC1(C)C(/C=C/C2=C(Oc3ccc(C[C@H](NC(=O)c4ccc(NCc5cnc6nc(N)[nH]c(=O)c6n5)cc4)C(=O)O)cc3)C(=C/C=C3/N(CCCCS(=O)(=O)O)c4ccccc4C3(C)C)/OCCO2)=[N+](CCCCS(=O)(=O)O)c2ccccc21. The number of carbonyl (C=O) groups is 2. The van der Waals surface area contributed by atoms with Crippen molar-refractivity contribution in [2.24, 2.45) is 0 Å². The minimum absolute atomic E-state index is 0.0367. The van der Waals surface area contributed by atoms with E-state index in [0.717, 1.165) is 33.9 Å². The molecular weight excluding hydrogens is 1120 g/mol. The first kappa shape index (κ1) is 59.9. The van der Waals surface area contributed by atoms with Crippen LogP contribution in [0.3, 0.4) is 0 Å². The number of para-hydroxylation sites is 2. The van der Waals surface area contributed by atoms with Gasteiger partial charge in [-0.05, 0) is 105 Å².